The molecule has 0 saturated carbocycles. The van der Waals surface area contributed by atoms with Crippen LogP contribution in [0.2, 0.25) is 0 Å². The van der Waals surface area contributed by atoms with Crippen molar-refractivity contribution in [3.63, 3.8) is 0 Å². The van der Waals surface area contributed by atoms with E-state index in [0.29, 0.717) is 6.04 Å². The highest BCUT2D eigenvalue weighted by molar-refractivity contribution is 5.85. The predicted molar refractivity (Wildman–Crippen MR) is 83.4 cm³/mol. The van der Waals surface area contributed by atoms with E-state index < -0.39 is 0 Å². The Bertz CT molecular complexity index is 283. The standard InChI is InChI=1S/C13H25N3O.2ClH/c1-3-16-8-4-5-11(9-16)15-12(17)13(2)6-7-14-10-13;;/h11,14H,3-10H2,1-2H3,(H,15,17);2*1H. The molecule has 0 bridgehead atoms. The number of hydrogen-bond donors (Lipinski definition) is 2. The predicted octanol–water partition coefficient (Wildman–Crippen LogP) is 1.43. The van der Waals surface area contributed by atoms with Gasteiger partial charge in [-0.25, -0.2) is 0 Å². The van der Waals surface area contributed by atoms with Crippen LogP contribution in [0.5, 0.6) is 0 Å². The summed E-state index contributed by atoms with van der Waals surface area (Å²) >= 11 is 0. The molecule has 0 aromatic heterocycles. The summed E-state index contributed by atoms with van der Waals surface area (Å²) in [5.41, 5.74) is -0.186. The van der Waals surface area contributed by atoms with E-state index in [4.69, 9.17) is 0 Å². The third-order valence-corrected chi connectivity index (χ3v) is 4.20. The Labute approximate surface area is 128 Å². The van der Waals surface area contributed by atoms with Crippen LogP contribution >= 0.6 is 24.8 Å². The molecule has 2 rings (SSSR count). The number of likely N-dealkylation sites (tertiary alicyclic amines) is 1. The summed E-state index contributed by atoms with van der Waals surface area (Å²) in [7, 11) is 0. The largest absolute Gasteiger partial charge is 0.352 e. The Balaban J connectivity index is 0.00000162. The molecule has 6 heteroatoms. The maximum absolute atomic E-state index is 12.3. The molecular formula is C13H27Cl2N3O. The third-order valence-electron chi connectivity index (χ3n) is 4.20. The van der Waals surface area contributed by atoms with Gasteiger partial charge >= 0.3 is 0 Å². The molecular weight excluding hydrogens is 285 g/mol. The molecule has 2 fully saturated rings. The van der Waals surface area contributed by atoms with Crippen molar-refractivity contribution >= 4 is 30.7 Å². The van der Waals surface area contributed by atoms with Gasteiger partial charge in [0.25, 0.3) is 0 Å². The van der Waals surface area contributed by atoms with Crippen molar-refractivity contribution < 1.29 is 4.79 Å². The maximum atomic E-state index is 12.3. The van der Waals surface area contributed by atoms with Gasteiger partial charge in [-0.3, -0.25) is 4.79 Å². The second-order valence-electron chi connectivity index (χ2n) is 5.69. The highest BCUT2D eigenvalue weighted by Gasteiger charge is 2.37. The zero-order chi connectivity index (χ0) is 12.3. The first-order valence-corrected chi connectivity index (χ1v) is 6.88. The fourth-order valence-corrected chi connectivity index (χ4v) is 2.83. The molecule has 2 aliphatic rings. The number of likely N-dealkylation sites (N-methyl/N-ethyl adjacent to an activating group) is 1. The molecule has 0 aliphatic carbocycles. The first-order chi connectivity index (χ1) is 8.14. The zero-order valence-corrected chi connectivity index (χ0v) is 13.5. The summed E-state index contributed by atoms with van der Waals surface area (Å²) in [6.07, 6.45) is 3.29. The molecule has 2 unspecified atom stereocenters. The summed E-state index contributed by atoms with van der Waals surface area (Å²) in [5, 5.41) is 6.52. The number of nitrogens with one attached hydrogen (secondary N) is 2. The van der Waals surface area contributed by atoms with Gasteiger partial charge in [-0.15, -0.1) is 24.8 Å². The molecule has 2 saturated heterocycles. The summed E-state index contributed by atoms with van der Waals surface area (Å²) < 4.78 is 0. The van der Waals surface area contributed by atoms with Gasteiger partial charge in [-0.2, -0.15) is 0 Å². The van der Waals surface area contributed by atoms with Crippen molar-refractivity contribution in [3.05, 3.63) is 0 Å². The Morgan fingerprint density at radius 3 is 2.79 bits per heavy atom. The first-order valence-electron chi connectivity index (χ1n) is 6.88. The van der Waals surface area contributed by atoms with Crippen LogP contribution in [0.4, 0.5) is 0 Å². The SMILES string of the molecule is CCN1CCCC(NC(=O)C2(C)CCNC2)C1.Cl.Cl. The van der Waals surface area contributed by atoms with E-state index in [1.165, 1.54) is 13.0 Å². The van der Waals surface area contributed by atoms with Crippen molar-refractivity contribution in [1.82, 2.24) is 15.5 Å². The minimum atomic E-state index is -0.186. The van der Waals surface area contributed by atoms with Crippen LogP contribution in [-0.2, 0) is 4.79 Å². The van der Waals surface area contributed by atoms with Crippen LogP contribution in [0.25, 0.3) is 0 Å². The maximum Gasteiger partial charge on any atom is 0.227 e. The van der Waals surface area contributed by atoms with Gasteiger partial charge in [0.05, 0.1) is 5.41 Å². The number of amides is 1. The van der Waals surface area contributed by atoms with Crippen LogP contribution in [0.15, 0.2) is 0 Å². The number of rotatable bonds is 3. The number of nitrogens with zero attached hydrogens (tertiary/aromatic N) is 1. The summed E-state index contributed by atoms with van der Waals surface area (Å²) in [4.78, 5) is 14.7. The molecule has 1 amide bonds. The summed E-state index contributed by atoms with van der Waals surface area (Å²) in [5.74, 6) is 0.241. The second-order valence-corrected chi connectivity index (χ2v) is 5.69. The lowest BCUT2D eigenvalue weighted by Gasteiger charge is -2.34. The molecule has 0 aromatic carbocycles. The van der Waals surface area contributed by atoms with Crippen LogP contribution in [0, 0.1) is 5.41 Å². The van der Waals surface area contributed by atoms with E-state index in [9.17, 15) is 4.79 Å². The Hall–Kier alpha value is -0.0300. The Morgan fingerprint density at radius 1 is 1.47 bits per heavy atom. The molecule has 2 atom stereocenters. The monoisotopic (exact) mass is 311 g/mol. The average Bonchev–Trinajstić information content (AvgIpc) is 2.78. The summed E-state index contributed by atoms with van der Waals surface area (Å²) in [6, 6.07) is 0.355. The zero-order valence-electron chi connectivity index (χ0n) is 11.9. The molecule has 0 aromatic rings. The van der Waals surface area contributed by atoms with E-state index in [0.717, 1.165) is 39.0 Å². The minimum Gasteiger partial charge on any atom is -0.352 e. The quantitative estimate of drug-likeness (QED) is 0.829. The van der Waals surface area contributed by atoms with E-state index in [1.807, 2.05) is 0 Å². The van der Waals surface area contributed by atoms with Gasteiger partial charge in [0.1, 0.15) is 0 Å². The number of hydrogen-bond acceptors (Lipinski definition) is 3. The average molecular weight is 312 g/mol. The highest BCUT2D eigenvalue weighted by Crippen LogP contribution is 2.25. The number of halogens is 2. The molecule has 19 heavy (non-hydrogen) atoms. The van der Waals surface area contributed by atoms with E-state index >= 15 is 0 Å². The topological polar surface area (TPSA) is 44.4 Å². The van der Waals surface area contributed by atoms with Gasteiger partial charge in [-0.05, 0) is 45.8 Å². The van der Waals surface area contributed by atoms with E-state index in [1.54, 1.807) is 0 Å². The third kappa shape index (κ3) is 4.78. The van der Waals surface area contributed by atoms with Crippen LogP contribution < -0.4 is 10.6 Å². The molecule has 2 aliphatic heterocycles. The van der Waals surface area contributed by atoms with Crippen LogP contribution in [-0.4, -0.2) is 49.6 Å². The fourth-order valence-electron chi connectivity index (χ4n) is 2.83. The van der Waals surface area contributed by atoms with Crippen molar-refractivity contribution in [2.75, 3.05) is 32.7 Å². The van der Waals surface area contributed by atoms with Crippen LogP contribution in [0.1, 0.15) is 33.1 Å². The Kier molecular flexibility index (Phi) is 8.29. The highest BCUT2D eigenvalue weighted by atomic mass is 35.5. The first kappa shape index (κ1) is 19.0. The van der Waals surface area contributed by atoms with Crippen LogP contribution in [0.3, 0.4) is 0 Å². The summed E-state index contributed by atoms with van der Waals surface area (Å²) in [6.45, 7) is 9.34. The smallest absolute Gasteiger partial charge is 0.227 e. The van der Waals surface area contributed by atoms with Gasteiger partial charge in [-0.1, -0.05) is 6.92 Å². The lowest BCUT2D eigenvalue weighted by molar-refractivity contribution is -0.130. The van der Waals surface area contributed by atoms with Gasteiger partial charge in [0.2, 0.25) is 5.91 Å². The molecule has 0 spiro atoms. The van der Waals surface area contributed by atoms with E-state index in [-0.39, 0.29) is 36.1 Å². The molecule has 4 nitrogen and oxygen atoms in total. The second kappa shape index (κ2) is 8.30. The fraction of sp³-hybridized carbons (Fsp3) is 0.923. The molecule has 2 N–H and O–H groups in total. The Morgan fingerprint density at radius 2 is 2.21 bits per heavy atom. The van der Waals surface area contributed by atoms with Gasteiger partial charge in [0, 0.05) is 19.1 Å². The van der Waals surface area contributed by atoms with Gasteiger partial charge in [0.15, 0.2) is 0 Å². The van der Waals surface area contributed by atoms with Crippen molar-refractivity contribution in [1.29, 1.82) is 0 Å². The van der Waals surface area contributed by atoms with E-state index in [2.05, 4.69) is 29.4 Å². The number of piperidine rings is 1. The van der Waals surface area contributed by atoms with Gasteiger partial charge < -0.3 is 15.5 Å². The minimum absolute atomic E-state index is 0. The van der Waals surface area contributed by atoms with Crippen molar-refractivity contribution in [2.24, 2.45) is 5.41 Å². The normalized spacial score (nSPS) is 31.2. The lowest BCUT2D eigenvalue weighted by Crippen LogP contribution is -2.51. The lowest BCUT2D eigenvalue weighted by atomic mass is 9.88. The molecule has 0 radical (unpaired) electrons. The molecule has 114 valence electrons. The number of carbonyl (C=O) groups excluding carboxylic acids is 1. The van der Waals surface area contributed by atoms with Crippen molar-refractivity contribution in [3.8, 4) is 0 Å². The van der Waals surface area contributed by atoms with Crippen molar-refractivity contribution in [2.45, 2.75) is 39.2 Å². The number of carbonyl (C=O) groups is 1. The molecule has 2 heterocycles.